The van der Waals surface area contributed by atoms with E-state index in [0.717, 1.165) is 11.8 Å². The Kier molecular flexibility index (Phi) is 4.35. The number of ether oxygens (including phenoxy) is 1. The fourth-order valence-electron chi connectivity index (χ4n) is 1.54. The van der Waals surface area contributed by atoms with E-state index >= 15 is 0 Å². The SMILES string of the molecule is COc1ccc(-n2c(N)nnc2SCC(=O)O)cc1Cl. The van der Waals surface area contributed by atoms with Crippen molar-refractivity contribution in [2.75, 3.05) is 18.6 Å². The van der Waals surface area contributed by atoms with Crippen molar-refractivity contribution in [1.29, 1.82) is 0 Å². The number of carbonyl (C=O) groups is 1. The van der Waals surface area contributed by atoms with Crippen LogP contribution in [0.4, 0.5) is 5.95 Å². The monoisotopic (exact) mass is 314 g/mol. The molecule has 0 atom stereocenters. The van der Waals surface area contributed by atoms with Gasteiger partial charge >= 0.3 is 5.97 Å². The molecule has 2 aromatic rings. The number of nitrogen functional groups attached to an aromatic ring is 1. The third-order valence-electron chi connectivity index (χ3n) is 2.38. The molecule has 0 radical (unpaired) electrons. The van der Waals surface area contributed by atoms with E-state index < -0.39 is 5.97 Å². The van der Waals surface area contributed by atoms with Gasteiger partial charge in [0.2, 0.25) is 5.95 Å². The topological polar surface area (TPSA) is 103 Å². The van der Waals surface area contributed by atoms with Crippen LogP contribution in [0.1, 0.15) is 0 Å². The molecule has 2 rings (SSSR count). The van der Waals surface area contributed by atoms with Gasteiger partial charge < -0.3 is 15.6 Å². The largest absolute Gasteiger partial charge is 0.495 e. The van der Waals surface area contributed by atoms with Crippen LogP contribution >= 0.6 is 23.4 Å². The molecule has 0 fully saturated rings. The summed E-state index contributed by atoms with van der Waals surface area (Å²) < 4.78 is 6.60. The van der Waals surface area contributed by atoms with Gasteiger partial charge in [-0.05, 0) is 18.2 Å². The molecule has 1 heterocycles. The number of rotatable bonds is 5. The van der Waals surface area contributed by atoms with Gasteiger partial charge in [0, 0.05) is 0 Å². The first-order valence-electron chi connectivity index (χ1n) is 5.42. The van der Waals surface area contributed by atoms with Crippen LogP contribution in [0.2, 0.25) is 5.02 Å². The predicted molar refractivity (Wildman–Crippen MR) is 75.7 cm³/mol. The lowest BCUT2D eigenvalue weighted by Gasteiger charge is -2.09. The number of thioether (sulfide) groups is 1. The Morgan fingerprint density at radius 2 is 2.30 bits per heavy atom. The number of anilines is 1. The van der Waals surface area contributed by atoms with Gasteiger partial charge in [-0.25, -0.2) is 0 Å². The first-order chi connectivity index (χ1) is 9.52. The summed E-state index contributed by atoms with van der Waals surface area (Å²) in [6.07, 6.45) is 0. The molecular formula is C11H11ClN4O3S. The highest BCUT2D eigenvalue weighted by Crippen LogP contribution is 2.29. The summed E-state index contributed by atoms with van der Waals surface area (Å²) in [5.41, 5.74) is 6.39. The Balaban J connectivity index is 2.39. The number of methoxy groups -OCH3 is 1. The molecule has 1 aromatic carbocycles. The summed E-state index contributed by atoms with van der Waals surface area (Å²) in [7, 11) is 1.52. The van der Waals surface area contributed by atoms with Crippen LogP contribution in [-0.2, 0) is 4.79 Å². The second kappa shape index (κ2) is 6.02. The maximum atomic E-state index is 10.6. The second-order valence-electron chi connectivity index (χ2n) is 3.68. The molecule has 0 aliphatic rings. The lowest BCUT2D eigenvalue weighted by Crippen LogP contribution is -2.04. The maximum Gasteiger partial charge on any atom is 0.313 e. The third kappa shape index (κ3) is 2.97. The Bertz CT molecular complexity index is 647. The molecule has 9 heteroatoms. The molecule has 0 amide bonds. The molecule has 3 N–H and O–H groups in total. The Labute approximate surface area is 123 Å². The fraction of sp³-hybridized carbons (Fsp3) is 0.182. The lowest BCUT2D eigenvalue weighted by molar-refractivity contribution is -0.133. The number of aliphatic carboxylic acids is 1. The Hall–Kier alpha value is -1.93. The highest BCUT2D eigenvalue weighted by Gasteiger charge is 2.14. The molecule has 1 aromatic heterocycles. The van der Waals surface area contributed by atoms with Gasteiger partial charge in [0.05, 0.1) is 23.6 Å². The van der Waals surface area contributed by atoms with Crippen LogP contribution < -0.4 is 10.5 Å². The molecule has 0 unspecified atom stereocenters. The highest BCUT2D eigenvalue weighted by atomic mass is 35.5. The number of hydrogen-bond donors (Lipinski definition) is 2. The summed E-state index contributed by atoms with van der Waals surface area (Å²) >= 11 is 7.08. The zero-order chi connectivity index (χ0) is 14.7. The third-order valence-corrected chi connectivity index (χ3v) is 3.59. The van der Waals surface area contributed by atoms with Crippen molar-refractivity contribution in [3.8, 4) is 11.4 Å². The number of aromatic nitrogens is 3. The van der Waals surface area contributed by atoms with Gasteiger partial charge in [-0.2, -0.15) is 0 Å². The lowest BCUT2D eigenvalue weighted by atomic mass is 10.3. The van der Waals surface area contributed by atoms with E-state index in [-0.39, 0.29) is 11.7 Å². The number of carboxylic acids is 1. The normalized spacial score (nSPS) is 10.5. The number of carboxylic acid groups (broad SMARTS) is 1. The molecular weight excluding hydrogens is 304 g/mol. The molecule has 0 bridgehead atoms. The van der Waals surface area contributed by atoms with Crippen LogP contribution in [0.5, 0.6) is 5.75 Å². The van der Waals surface area contributed by atoms with Crippen molar-refractivity contribution in [2.45, 2.75) is 5.16 Å². The number of hydrogen-bond acceptors (Lipinski definition) is 6. The summed E-state index contributed by atoms with van der Waals surface area (Å²) in [5, 5.41) is 17.1. The van der Waals surface area contributed by atoms with Crippen LogP contribution in [0, 0.1) is 0 Å². The van der Waals surface area contributed by atoms with Crippen molar-refractivity contribution in [3.63, 3.8) is 0 Å². The predicted octanol–water partition coefficient (Wildman–Crippen LogP) is 1.69. The van der Waals surface area contributed by atoms with Crippen LogP contribution in [0.3, 0.4) is 0 Å². The van der Waals surface area contributed by atoms with Crippen molar-refractivity contribution < 1.29 is 14.6 Å². The van der Waals surface area contributed by atoms with Gasteiger partial charge in [-0.3, -0.25) is 9.36 Å². The number of benzene rings is 1. The second-order valence-corrected chi connectivity index (χ2v) is 5.03. The zero-order valence-corrected chi connectivity index (χ0v) is 12.0. The van der Waals surface area contributed by atoms with Gasteiger partial charge in [0.15, 0.2) is 5.16 Å². The summed E-state index contributed by atoms with van der Waals surface area (Å²) in [4.78, 5) is 10.6. The number of nitrogens with zero attached hydrogens (tertiary/aromatic N) is 3. The Morgan fingerprint density at radius 1 is 1.55 bits per heavy atom. The van der Waals surface area contributed by atoms with Gasteiger partial charge in [0.25, 0.3) is 0 Å². The molecule has 0 saturated carbocycles. The van der Waals surface area contributed by atoms with Crippen LogP contribution in [-0.4, -0.2) is 38.7 Å². The molecule has 0 saturated heterocycles. The first-order valence-corrected chi connectivity index (χ1v) is 6.78. The zero-order valence-electron chi connectivity index (χ0n) is 10.4. The fourth-order valence-corrected chi connectivity index (χ4v) is 2.47. The van der Waals surface area contributed by atoms with Crippen molar-refractivity contribution in [2.24, 2.45) is 0 Å². The molecule has 0 aliphatic heterocycles. The molecule has 7 nitrogen and oxygen atoms in total. The van der Waals surface area contributed by atoms with Gasteiger partial charge in [-0.1, -0.05) is 23.4 Å². The van der Waals surface area contributed by atoms with Crippen molar-refractivity contribution in [3.05, 3.63) is 23.2 Å². The highest BCUT2D eigenvalue weighted by molar-refractivity contribution is 7.99. The minimum atomic E-state index is -0.948. The van der Waals surface area contributed by atoms with Crippen LogP contribution in [0.25, 0.3) is 5.69 Å². The van der Waals surface area contributed by atoms with Gasteiger partial charge in [0.1, 0.15) is 5.75 Å². The minimum Gasteiger partial charge on any atom is -0.495 e. The van der Waals surface area contributed by atoms with E-state index in [0.29, 0.717) is 21.6 Å². The number of halogens is 1. The van der Waals surface area contributed by atoms with E-state index in [1.165, 1.54) is 11.7 Å². The molecule has 20 heavy (non-hydrogen) atoms. The summed E-state index contributed by atoms with van der Waals surface area (Å²) in [6.45, 7) is 0. The van der Waals surface area contributed by atoms with Gasteiger partial charge in [-0.15, -0.1) is 10.2 Å². The standard InChI is InChI=1S/C11H11ClN4O3S/c1-19-8-3-2-6(4-7(8)12)16-10(13)14-15-11(16)20-5-9(17)18/h2-4H,5H2,1H3,(H2,13,14)(H,17,18). The summed E-state index contributed by atoms with van der Waals surface area (Å²) in [6, 6.07) is 5.06. The van der Waals surface area contributed by atoms with Crippen LogP contribution in [0.15, 0.2) is 23.4 Å². The first kappa shape index (κ1) is 14.5. The average Bonchev–Trinajstić information content (AvgIpc) is 2.77. The average molecular weight is 315 g/mol. The van der Waals surface area contributed by atoms with E-state index in [1.54, 1.807) is 18.2 Å². The molecule has 0 aliphatic carbocycles. The van der Waals surface area contributed by atoms with E-state index in [9.17, 15) is 4.79 Å². The van der Waals surface area contributed by atoms with E-state index in [1.807, 2.05) is 0 Å². The molecule has 106 valence electrons. The summed E-state index contributed by atoms with van der Waals surface area (Å²) in [5.74, 6) is -0.404. The number of nitrogens with two attached hydrogens (primary N) is 1. The smallest absolute Gasteiger partial charge is 0.313 e. The van der Waals surface area contributed by atoms with Crippen molar-refractivity contribution in [1.82, 2.24) is 14.8 Å². The quantitative estimate of drug-likeness (QED) is 0.809. The Morgan fingerprint density at radius 3 is 2.90 bits per heavy atom. The molecule has 0 spiro atoms. The minimum absolute atomic E-state index is 0.137. The van der Waals surface area contributed by atoms with E-state index in [4.69, 9.17) is 27.2 Å². The van der Waals surface area contributed by atoms with Crippen molar-refractivity contribution >= 4 is 35.3 Å². The maximum absolute atomic E-state index is 10.6. The van der Waals surface area contributed by atoms with E-state index in [2.05, 4.69) is 10.2 Å².